The van der Waals surface area contributed by atoms with Crippen molar-refractivity contribution in [3.05, 3.63) is 40.7 Å². The number of benzene rings is 1. The summed E-state index contributed by atoms with van der Waals surface area (Å²) in [7, 11) is 1.73. The summed E-state index contributed by atoms with van der Waals surface area (Å²) in [5, 5.41) is 20.0. The van der Waals surface area contributed by atoms with Crippen LogP contribution in [0.3, 0.4) is 0 Å². The molecule has 3 aromatic rings. The maximum Gasteiger partial charge on any atom is 0.202 e. The Morgan fingerprint density at radius 2 is 2.06 bits per heavy atom. The van der Waals surface area contributed by atoms with E-state index < -0.39 is 0 Å². The molecule has 5 heteroatoms. The normalized spacial score (nSPS) is 11.2. The first-order chi connectivity index (χ1) is 8.59. The minimum absolute atomic E-state index is 0.0923. The van der Waals surface area contributed by atoms with Crippen molar-refractivity contribution >= 4 is 21.9 Å². The maximum atomic E-state index is 12.3. The summed E-state index contributed by atoms with van der Waals surface area (Å²) in [6.45, 7) is 0. The second kappa shape index (κ2) is 3.46. The van der Waals surface area contributed by atoms with Gasteiger partial charge in [-0.25, -0.2) is 4.98 Å². The minimum atomic E-state index is -0.288. The number of phenols is 2. The molecule has 0 bridgehead atoms. The summed E-state index contributed by atoms with van der Waals surface area (Å²) >= 11 is 0. The van der Waals surface area contributed by atoms with Crippen molar-refractivity contribution in [2.45, 2.75) is 0 Å². The number of aryl methyl sites for hydroxylation is 1. The molecule has 0 aliphatic carbocycles. The van der Waals surface area contributed by atoms with Crippen LogP contribution >= 0.6 is 0 Å². The summed E-state index contributed by atoms with van der Waals surface area (Å²) in [5.74, 6) is -0.318. The lowest BCUT2D eigenvalue weighted by atomic mass is 10.1. The summed E-state index contributed by atoms with van der Waals surface area (Å²) in [6.07, 6.45) is 1.59. The van der Waals surface area contributed by atoms with Gasteiger partial charge >= 0.3 is 0 Å². The quantitative estimate of drug-likeness (QED) is 0.586. The Hall–Kier alpha value is -2.56. The zero-order valence-corrected chi connectivity index (χ0v) is 9.58. The molecule has 0 aliphatic rings. The third kappa shape index (κ3) is 1.27. The molecular weight excluding hydrogens is 232 g/mol. The SMILES string of the molecule is Cn1c2cc(O)cc(O)c2c(=O)c2cccnc21. The molecule has 0 unspecified atom stereocenters. The third-order valence-corrected chi connectivity index (χ3v) is 3.02. The molecule has 0 saturated carbocycles. The highest BCUT2D eigenvalue weighted by Crippen LogP contribution is 2.28. The van der Waals surface area contributed by atoms with Gasteiger partial charge < -0.3 is 14.8 Å². The lowest BCUT2D eigenvalue weighted by Gasteiger charge is -2.10. The molecular formula is C13H10N2O3. The molecule has 0 amide bonds. The molecule has 1 aromatic carbocycles. The van der Waals surface area contributed by atoms with Crippen LogP contribution in [-0.4, -0.2) is 19.8 Å². The average molecular weight is 242 g/mol. The highest BCUT2D eigenvalue weighted by molar-refractivity contribution is 5.95. The van der Waals surface area contributed by atoms with Gasteiger partial charge in [-0.15, -0.1) is 0 Å². The molecule has 90 valence electrons. The van der Waals surface area contributed by atoms with E-state index in [0.29, 0.717) is 16.6 Å². The first-order valence-electron chi connectivity index (χ1n) is 5.39. The largest absolute Gasteiger partial charge is 0.508 e. The molecule has 0 atom stereocenters. The van der Waals surface area contributed by atoms with Gasteiger partial charge in [0.1, 0.15) is 17.1 Å². The Labute approximate surface area is 102 Å². The fourth-order valence-electron chi connectivity index (χ4n) is 2.18. The Morgan fingerprint density at radius 1 is 1.28 bits per heavy atom. The zero-order valence-electron chi connectivity index (χ0n) is 9.58. The molecule has 2 heterocycles. The van der Waals surface area contributed by atoms with Crippen LogP contribution in [0.25, 0.3) is 21.9 Å². The number of aromatic hydroxyl groups is 2. The number of hydrogen-bond acceptors (Lipinski definition) is 4. The van der Waals surface area contributed by atoms with Crippen molar-refractivity contribution in [1.82, 2.24) is 9.55 Å². The number of phenolic OH excluding ortho intramolecular Hbond substituents is 2. The summed E-state index contributed by atoms with van der Waals surface area (Å²) < 4.78 is 1.67. The van der Waals surface area contributed by atoms with E-state index in [1.807, 2.05) is 0 Å². The summed E-state index contributed by atoms with van der Waals surface area (Å²) in [4.78, 5) is 16.4. The van der Waals surface area contributed by atoms with Gasteiger partial charge in [0.15, 0.2) is 0 Å². The van der Waals surface area contributed by atoms with Crippen molar-refractivity contribution in [2.75, 3.05) is 0 Å². The Kier molecular flexibility index (Phi) is 2.04. The second-order valence-corrected chi connectivity index (χ2v) is 4.12. The third-order valence-electron chi connectivity index (χ3n) is 3.02. The predicted molar refractivity (Wildman–Crippen MR) is 67.8 cm³/mol. The van der Waals surface area contributed by atoms with Gasteiger partial charge in [0.05, 0.1) is 16.3 Å². The number of hydrogen-bond donors (Lipinski definition) is 2. The average Bonchev–Trinajstić information content (AvgIpc) is 2.35. The molecule has 0 radical (unpaired) electrons. The van der Waals surface area contributed by atoms with Crippen molar-refractivity contribution in [3.8, 4) is 11.5 Å². The van der Waals surface area contributed by atoms with Gasteiger partial charge in [-0.1, -0.05) is 0 Å². The van der Waals surface area contributed by atoms with E-state index in [-0.39, 0.29) is 22.3 Å². The van der Waals surface area contributed by atoms with Gasteiger partial charge in [-0.2, -0.15) is 0 Å². The van der Waals surface area contributed by atoms with Crippen LogP contribution < -0.4 is 5.43 Å². The lowest BCUT2D eigenvalue weighted by molar-refractivity contribution is 0.454. The van der Waals surface area contributed by atoms with Gasteiger partial charge in [-0.3, -0.25) is 4.79 Å². The smallest absolute Gasteiger partial charge is 0.202 e. The molecule has 2 N–H and O–H groups in total. The number of fused-ring (bicyclic) bond motifs is 2. The van der Waals surface area contributed by atoms with E-state index in [4.69, 9.17) is 0 Å². The van der Waals surface area contributed by atoms with Crippen molar-refractivity contribution in [1.29, 1.82) is 0 Å². The Bertz CT molecular complexity index is 837. The minimum Gasteiger partial charge on any atom is -0.508 e. The molecule has 5 nitrogen and oxygen atoms in total. The standard InChI is InChI=1S/C13H10N2O3/c1-15-9-5-7(16)6-10(17)11(9)12(18)8-3-2-4-14-13(8)15/h2-6,16-17H,1H3. The van der Waals surface area contributed by atoms with Crippen molar-refractivity contribution < 1.29 is 10.2 Å². The topological polar surface area (TPSA) is 75.3 Å². The van der Waals surface area contributed by atoms with Gasteiger partial charge in [0.2, 0.25) is 5.43 Å². The Morgan fingerprint density at radius 3 is 2.83 bits per heavy atom. The van der Waals surface area contributed by atoms with E-state index in [1.54, 1.807) is 29.9 Å². The molecule has 18 heavy (non-hydrogen) atoms. The van der Waals surface area contributed by atoms with Crippen LogP contribution in [0.4, 0.5) is 0 Å². The van der Waals surface area contributed by atoms with E-state index in [1.165, 1.54) is 6.07 Å². The van der Waals surface area contributed by atoms with Gasteiger partial charge in [-0.05, 0) is 12.1 Å². The molecule has 2 aromatic heterocycles. The molecule has 0 spiro atoms. The summed E-state index contributed by atoms with van der Waals surface area (Å²) in [6, 6.07) is 5.93. The van der Waals surface area contributed by atoms with Crippen LogP contribution in [0.5, 0.6) is 11.5 Å². The number of aromatic nitrogens is 2. The predicted octanol–water partition coefficient (Wildman–Crippen LogP) is 1.50. The van der Waals surface area contributed by atoms with Crippen LogP contribution in [0, 0.1) is 0 Å². The van der Waals surface area contributed by atoms with Crippen LogP contribution in [0.15, 0.2) is 35.3 Å². The lowest BCUT2D eigenvalue weighted by Crippen LogP contribution is -2.10. The van der Waals surface area contributed by atoms with Gasteiger partial charge in [0.25, 0.3) is 0 Å². The van der Waals surface area contributed by atoms with Crippen molar-refractivity contribution in [3.63, 3.8) is 0 Å². The highest BCUT2D eigenvalue weighted by Gasteiger charge is 2.13. The fraction of sp³-hybridized carbons (Fsp3) is 0.0769. The van der Waals surface area contributed by atoms with Gasteiger partial charge in [0, 0.05) is 25.4 Å². The van der Waals surface area contributed by atoms with Crippen LogP contribution in [0.1, 0.15) is 0 Å². The maximum absolute atomic E-state index is 12.3. The number of pyridine rings is 2. The number of nitrogens with zero attached hydrogens (tertiary/aromatic N) is 2. The molecule has 0 aliphatic heterocycles. The van der Waals surface area contributed by atoms with Crippen molar-refractivity contribution in [2.24, 2.45) is 7.05 Å². The van der Waals surface area contributed by atoms with Crippen LogP contribution in [0.2, 0.25) is 0 Å². The van der Waals surface area contributed by atoms with E-state index in [2.05, 4.69) is 4.98 Å². The first-order valence-corrected chi connectivity index (χ1v) is 5.39. The molecule has 3 rings (SSSR count). The molecule has 0 saturated heterocycles. The monoisotopic (exact) mass is 242 g/mol. The second-order valence-electron chi connectivity index (χ2n) is 4.12. The zero-order chi connectivity index (χ0) is 12.9. The number of rotatable bonds is 0. The highest BCUT2D eigenvalue weighted by atomic mass is 16.3. The van der Waals surface area contributed by atoms with E-state index in [9.17, 15) is 15.0 Å². The summed E-state index contributed by atoms with van der Waals surface area (Å²) in [5.41, 5.74) is 0.674. The van der Waals surface area contributed by atoms with E-state index in [0.717, 1.165) is 6.07 Å². The molecule has 0 fully saturated rings. The first kappa shape index (κ1) is 10.6. The van der Waals surface area contributed by atoms with Crippen LogP contribution in [-0.2, 0) is 7.05 Å². The fourth-order valence-corrected chi connectivity index (χ4v) is 2.18. The Balaban J connectivity index is 2.72. The van der Waals surface area contributed by atoms with E-state index >= 15 is 0 Å².